The van der Waals surface area contributed by atoms with Crippen molar-refractivity contribution in [2.75, 3.05) is 0 Å². The molecule has 0 fully saturated rings. The third-order valence-corrected chi connectivity index (χ3v) is 3.91. The van der Waals surface area contributed by atoms with Crippen molar-refractivity contribution >= 4 is 23.1 Å². The van der Waals surface area contributed by atoms with Crippen LogP contribution in [0.2, 0.25) is 0 Å². The van der Waals surface area contributed by atoms with Crippen LogP contribution in [0.1, 0.15) is 31.5 Å². The van der Waals surface area contributed by atoms with Crippen molar-refractivity contribution in [2.45, 2.75) is 38.6 Å². The smallest absolute Gasteiger partial charge is 0.116 e. The molecule has 1 aromatic heterocycles. The van der Waals surface area contributed by atoms with E-state index in [0.717, 1.165) is 28.5 Å². The molecule has 17 heavy (non-hydrogen) atoms. The number of aromatic nitrogens is 2. The van der Waals surface area contributed by atoms with E-state index in [1.54, 1.807) is 0 Å². The minimum absolute atomic E-state index is 0.965. The molecule has 0 atom stereocenters. The van der Waals surface area contributed by atoms with Crippen molar-refractivity contribution in [2.24, 2.45) is 0 Å². The van der Waals surface area contributed by atoms with Crippen molar-refractivity contribution in [3.63, 3.8) is 0 Å². The van der Waals surface area contributed by atoms with E-state index in [4.69, 9.17) is 17.2 Å². The lowest BCUT2D eigenvalue weighted by atomic mass is 10.1. The predicted molar refractivity (Wildman–Crippen MR) is 72.7 cm³/mol. The molecule has 0 amide bonds. The number of rotatable bonds is 0. The molecule has 0 N–H and O–H groups in total. The SMILES string of the molecule is S=c1c2ccccc2nc2n1CCCCCC2. The van der Waals surface area contributed by atoms with Crippen LogP contribution in [0.3, 0.4) is 0 Å². The molecule has 3 heteroatoms. The number of hydrogen-bond donors (Lipinski definition) is 0. The second-order valence-electron chi connectivity index (χ2n) is 4.67. The summed E-state index contributed by atoms with van der Waals surface area (Å²) in [4.78, 5) is 4.77. The highest BCUT2D eigenvalue weighted by Crippen LogP contribution is 2.19. The molecule has 88 valence electrons. The predicted octanol–water partition coefficient (Wildman–Crippen LogP) is 3.88. The molecule has 1 aromatic carbocycles. The summed E-state index contributed by atoms with van der Waals surface area (Å²) in [6, 6.07) is 8.21. The summed E-state index contributed by atoms with van der Waals surface area (Å²) in [6.07, 6.45) is 6.16. The van der Waals surface area contributed by atoms with Gasteiger partial charge in [-0.1, -0.05) is 37.2 Å². The fourth-order valence-corrected chi connectivity index (χ4v) is 2.91. The van der Waals surface area contributed by atoms with Crippen molar-refractivity contribution < 1.29 is 0 Å². The Morgan fingerprint density at radius 3 is 2.82 bits per heavy atom. The van der Waals surface area contributed by atoms with Gasteiger partial charge in [-0.25, -0.2) is 4.98 Å². The largest absolute Gasteiger partial charge is 0.320 e. The lowest BCUT2D eigenvalue weighted by Gasteiger charge is -2.17. The summed E-state index contributed by atoms with van der Waals surface area (Å²) in [5.41, 5.74) is 1.05. The maximum absolute atomic E-state index is 5.61. The van der Waals surface area contributed by atoms with Crippen LogP contribution < -0.4 is 0 Å². The van der Waals surface area contributed by atoms with E-state index < -0.39 is 0 Å². The third kappa shape index (κ3) is 2.00. The van der Waals surface area contributed by atoms with Crippen LogP contribution in [-0.4, -0.2) is 9.55 Å². The number of fused-ring (bicyclic) bond motifs is 2. The quantitative estimate of drug-likeness (QED) is 0.654. The molecule has 2 heterocycles. The summed E-state index contributed by atoms with van der Waals surface area (Å²) in [7, 11) is 0. The Morgan fingerprint density at radius 1 is 1.06 bits per heavy atom. The number of nitrogens with zero attached hydrogens (tertiary/aromatic N) is 2. The molecule has 2 nitrogen and oxygen atoms in total. The molecule has 0 radical (unpaired) electrons. The van der Waals surface area contributed by atoms with Crippen LogP contribution in [0, 0.1) is 4.64 Å². The van der Waals surface area contributed by atoms with Crippen LogP contribution in [0.5, 0.6) is 0 Å². The van der Waals surface area contributed by atoms with Gasteiger partial charge in [0.25, 0.3) is 0 Å². The standard InChI is InChI=1S/C14H16N2S/c17-14-11-7-4-5-8-12(11)15-13-9-3-1-2-6-10-16(13)14/h4-5,7-8H,1-3,6,9-10H2. The van der Waals surface area contributed by atoms with Crippen molar-refractivity contribution in [3.05, 3.63) is 34.7 Å². The lowest BCUT2D eigenvalue weighted by molar-refractivity contribution is 0.505. The van der Waals surface area contributed by atoms with Gasteiger partial charge in [0.2, 0.25) is 0 Å². The summed E-state index contributed by atoms with van der Waals surface area (Å²) >= 11 is 5.61. The Kier molecular flexibility index (Phi) is 2.93. The van der Waals surface area contributed by atoms with Gasteiger partial charge in [0, 0.05) is 18.4 Å². The molecule has 0 saturated heterocycles. The van der Waals surface area contributed by atoms with Gasteiger partial charge >= 0.3 is 0 Å². The normalized spacial score (nSPS) is 16.2. The van der Waals surface area contributed by atoms with Crippen LogP contribution in [0.15, 0.2) is 24.3 Å². The molecule has 0 aliphatic carbocycles. The zero-order chi connectivity index (χ0) is 11.7. The van der Waals surface area contributed by atoms with Crippen molar-refractivity contribution in [1.29, 1.82) is 0 Å². The number of para-hydroxylation sites is 1. The van der Waals surface area contributed by atoms with Gasteiger partial charge in [-0.05, 0) is 25.0 Å². The maximum atomic E-state index is 5.61. The molecule has 1 aliphatic heterocycles. The lowest BCUT2D eigenvalue weighted by Crippen LogP contribution is -2.13. The maximum Gasteiger partial charge on any atom is 0.116 e. The molecule has 2 aromatic rings. The molecule has 0 bridgehead atoms. The van der Waals surface area contributed by atoms with Gasteiger partial charge in [0.05, 0.1) is 5.52 Å². The second kappa shape index (κ2) is 4.57. The molecular weight excluding hydrogens is 228 g/mol. The summed E-state index contributed by atoms with van der Waals surface area (Å²) in [5, 5.41) is 1.12. The molecule has 0 spiro atoms. The van der Waals surface area contributed by atoms with E-state index in [-0.39, 0.29) is 0 Å². The average Bonchev–Trinajstić information content (AvgIpc) is 2.32. The highest BCUT2D eigenvalue weighted by atomic mass is 32.1. The molecular formula is C14H16N2S. The van der Waals surface area contributed by atoms with Crippen LogP contribution in [0.4, 0.5) is 0 Å². The first-order valence-corrected chi connectivity index (χ1v) is 6.75. The first-order valence-electron chi connectivity index (χ1n) is 6.35. The van der Waals surface area contributed by atoms with Crippen LogP contribution >= 0.6 is 12.2 Å². The van der Waals surface area contributed by atoms with Gasteiger partial charge in [0.15, 0.2) is 0 Å². The topological polar surface area (TPSA) is 17.8 Å². The number of aryl methyl sites for hydroxylation is 1. The highest BCUT2D eigenvalue weighted by molar-refractivity contribution is 7.71. The van der Waals surface area contributed by atoms with Gasteiger partial charge in [-0.3, -0.25) is 0 Å². The Hall–Kier alpha value is -1.22. The Morgan fingerprint density at radius 2 is 1.88 bits per heavy atom. The van der Waals surface area contributed by atoms with Crippen molar-refractivity contribution in [1.82, 2.24) is 9.55 Å². The number of hydrogen-bond acceptors (Lipinski definition) is 2. The fraction of sp³-hybridized carbons (Fsp3) is 0.429. The Bertz CT molecular complexity index is 601. The molecule has 0 unspecified atom stereocenters. The Balaban J connectivity index is 2.25. The highest BCUT2D eigenvalue weighted by Gasteiger charge is 2.10. The average molecular weight is 244 g/mol. The van der Waals surface area contributed by atoms with E-state index in [0.29, 0.717) is 0 Å². The van der Waals surface area contributed by atoms with Crippen molar-refractivity contribution in [3.8, 4) is 0 Å². The van der Waals surface area contributed by atoms with Crippen LogP contribution in [0.25, 0.3) is 10.9 Å². The van der Waals surface area contributed by atoms with Gasteiger partial charge in [0.1, 0.15) is 10.5 Å². The third-order valence-electron chi connectivity index (χ3n) is 3.47. The first kappa shape index (κ1) is 10.9. The van der Waals surface area contributed by atoms with E-state index in [1.165, 1.54) is 31.5 Å². The minimum Gasteiger partial charge on any atom is -0.320 e. The molecule has 1 aliphatic rings. The molecule has 3 rings (SSSR count). The molecule has 0 saturated carbocycles. The van der Waals surface area contributed by atoms with Gasteiger partial charge < -0.3 is 4.57 Å². The number of benzene rings is 1. The second-order valence-corrected chi connectivity index (χ2v) is 5.05. The summed E-state index contributed by atoms with van der Waals surface area (Å²) in [6.45, 7) is 1.03. The van der Waals surface area contributed by atoms with E-state index in [9.17, 15) is 0 Å². The van der Waals surface area contributed by atoms with Gasteiger partial charge in [-0.2, -0.15) is 0 Å². The van der Waals surface area contributed by atoms with E-state index in [2.05, 4.69) is 16.7 Å². The Labute approximate surface area is 106 Å². The van der Waals surface area contributed by atoms with Crippen LogP contribution in [-0.2, 0) is 13.0 Å². The van der Waals surface area contributed by atoms with E-state index in [1.807, 2.05) is 12.1 Å². The monoisotopic (exact) mass is 244 g/mol. The zero-order valence-electron chi connectivity index (χ0n) is 9.85. The summed E-state index contributed by atoms with van der Waals surface area (Å²) in [5.74, 6) is 1.17. The summed E-state index contributed by atoms with van der Waals surface area (Å²) < 4.78 is 3.21. The first-order chi connectivity index (χ1) is 8.36. The minimum atomic E-state index is 0.965. The zero-order valence-corrected chi connectivity index (χ0v) is 10.7. The fourth-order valence-electron chi connectivity index (χ4n) is 2.54. The van der Waals surface area contributed by atoms with Gasteiger partial charge in [-0.15, -0.1) is 0 Å². The van der Waals surface area contributed by atoms with E-state index >= 15 is 0 Å².